The predicted molar refractivity (Wildman–Crippen MR) is 230 cm³/mol. The zero-order valence-electron chi connectivity index (χ0n) is 34.5. The van der Waals surface area contributed by atoms with Crippen molar-refractivity contribution >= 4 is 0 Å². The maximum absolute atomic E-state index is 4.41. The molecule has 0 unspecified atom stereocenters. The fourth-order valence-corrected chi connectivity index (χ4v) is 8.17. The summed E-state index contributed by atoms with van der Waals surface area (Å²) in [5, 5.41) is 0. The lowest BCUT2D eigenvalue weighted by Gasteiger charge is -2.28. The van der Waals surface area contributed by atoms with Gasteiger partial charge in [-0.2, -0.15) is 0 Å². The third-order valence-electron chi connectivity index (χ3n) is 12.0. The predicted octanol–water partition coefficient (Wildman–Crippen LogP) is 13.0. The van der Waals surface area contributed by atoms with Crippen LogP contribution in [-0.4, -0.2) is 19.9 Å². The van der Waals surface area contributed by atoms with E-state index in [1.807, 2.05) is 24.8 Å². The minimum absolute atomic E-state index is 0.608. The molecule has 0 amide bonds. The smallest absolute Gasteiger partial charge is 0.205 e. The second-order valence-corrected chi connectivity index (χ2v) is 16.1. The Balaban J connectivity index is 0.000000211. The van der Waals surface area contributed by atoms with Gasteiger partial charge in [0.1, 0.15) is 0 Å². The van der Waals surface area contributed by atoms with E-state index in [9.17, 15) is 0 Å². The summed E-state index contributed by atoms with van der Waals surface area (Å²) < 4.78 is 0. The summed E-state index contributed by atoms with van der Waals surface area (Å²) in [5.41, 5.74) is 7.45. The van der Waals surface area contributed by atoms with Gasteiger partial charge in [0.05, 0.1) is 0 Å². The van der Waals surface area contributed by atoms with E-state index < -0.39 is 0 Å². The molecule has 0 spiro atoms. The Bertz CT molecular complexity index is 1770. The second kappa shape index (κ2) is 23.6. The summed E-state index contributed by atoms with van der Waals surface area (Å²) in [6, 6.07) is 17.6. The molecule has 2 aliphatic carbocycles. The van der Waals surface area contributed by atoms with E-state index in [0.717, 1.165) is 47.6 Å². The number of hydrogen-bond acceptors (Lipinski definition) is 4. The van der Waals surface area contributed by atoms with Crippen LogP contribution < -0.4 is 0 Å². The fourth-order valence-electron chi connectivity index (χ4n) is 8.17. The van der Waals surface area contributed by atoms with Crippen molar-refractivity contribution in [1.82, 2.24) is 19.9 Å². The molecule has 4 aromatic rings. The zero-order valence-corrected chi connectivity index (χ0v) is 34.5. The number of benzene rings is 2. The van der Waals surface area contributed by atoms with Gasteiger partial charge < -0.3 is 0 Å². The van der Waals surface area contributed by atoms with Crippen LogP contribution in [0.5, 0.6) is 0 Å². The molecule has 2 heterocycles. The molecule has 55 heavy (non-hydrogen) atoms. The van der Waals surface area contributed by atoms with Gasteiger partial charge in [0, 0.05) is 35.9 Å². The number of rotatable bonds is 13. The van der Waals surface area contributed by atoms with Gasteiger partial charge in [-0.25, -0.2) is 19.9 Å². The van der Waals surface area contributed by atoms with Crippen LogP contribution in [0.2, 0.25) is 0 Å². The summed E-state index contributed by atoms with van der Waals surface area (Å²) in [6.45, 7) is 9.10. The summed E-state index contributed by atoms with van der Waals surface area (Å²) in [5.74, 6) is 17.2. The maximum Gasteiger partial charge on any atom is 0.205 e. The molecule has 6 rings (SSSR count). The van der Waals surface area contributed by atoms with E-state index in [1.54, 1.807) is 0 Å². The molecule has 0 saturated heterocycles. The minimum atomic E-state index is 0.608. The third kappa shape index (κ3) is 14.4. The molecule has 0 aliphatic heterocycles. The standard InChI is InChI=1S/C26H34N2.C25H32N2/c1-3-5-6-7-8-23-19-27-26(28-20-23)18-13-22-11-16-25(17-12-22)24-14-9-21(4-2)10-15-24;1-3-5-6-7-22-18-26-25(27-19-22)17-12-21-10-15-24(16-11-21)23-13-8-20(4-2)9-14-23/h11-12,16-17,19-21,24H,3-10,14-15H2,1-2H3;10-11,15-16,18-20,23H,3-9,13-14H2,1-2H3. The van der Waals surface area contributed by atoms with Crippen LogP contribution in [0.25, 0.3) is 0 Å². The molecule has 2 fully saturated rings. The van der Waals surface area contributed by atoms with Crippen LogP contribution in [0.3, 0.4) is 0 Å². The zero-order chi connectivity index (χ0) is 38.5. The topological polar surface area (TPSA) is 51.6 Å². The van der Waals surface area contributed by atoms with Crippen LogP contribution >= 0.6 is 0 Å². The molecule has 4 heteroatoms. The lowest BCUT2D eigenvalue weighted by molar-refractivity contribution is 0.319. The number of unbranched alkanes of at least 4 members (excludes halogenated alkanes) is 5. The van der Waals surface area contributed by atoms with Crippen molar-refractivity contribution < 1.29 is 0 Å². The molecule has 2 saturated carbocycles. The SMILES string of the molecule is CCCCCCc1cnc(C#Cc2ccc(C3CCC(CC)CC3)cc2)nc1.CCCCCc1cnc(C#Cc2ccc(C3CCC(CC)CC3)cc2)nc1. The minimum Gasteiger partial charge on any atom is -0.229 e. The summed E-state index contributed by atoms with van der Waals surface area (Å²) in [4.78, 5) is 17.6. The van der Waals surface area contributed by atoms with Crippen LogP contribution in [0.4, 0.5) is 0 Å². The average Bonchev–Trinajstić information content (AvgIpc) is 3.25. The molecule has 4 nitrogen and oxygen atoms in total. The van der Waals surface area contributed by atoms with Crippen LogP contribution in [0, 0.1) is 35.5 Å². The molecule has 0 N–H and O–H groups in total. The largest absolute Gasteiger partial charge is 0.229 e. The van der Waals surface area contributed by atoms with Crippen molar-refractivity contribution in [2.45, 2.75) is 162 Å². The second-order valence-electron chi connectivity index (χ2n) is 16.1. The van der Waals surface area contributed by atoms with Gasteiger partial charge in [-0.05, 0) is 159 Å². The molecule has 2 aromatic carbocycles. The lowest BCUT2D eigenvalue weighted by atomic mass is 9.78. The van der Waals surface area contributed by atoms with Crippen molar-refractivity contribution in [3.05, 3.63) is 118 Å². The van der Waals surface area contributed by atoms with E-state index in [1.165, 1.54) is 131 Å². The third-order valence-corrected chi connectivity index (χ3v) is 12.0. The van der Waals surface area contributed by atoms with Gasteiger partial charge >= 0.3 is 0 Å². The number of aryl methyl sites for hydroxylation is 2. The molecule has 2 aromatic heterocycles. The maximum atomic E-state index is 4.41. The van der Waals surface area contributed by atoms with Crippen LogP contribution in [0.15, 0.2) is 73.3 Å². The Morgan fingerprint density at radius 2 is 0.800 bits per heavy atom. The molecular weight excluding hydrogens is 669 g/mol. The van der Waals surface area contributed by atoms with E-state index in [4.69, 9.17) is 0 Å². The molecule has 290 valence electrons. The van der Waals surface area contributed by atoms with E-state index in [0.29, 0.717) is 11.6 Å². The monoisotopic (exact) mass is 735 g/mol. The highest BCUT2D eigenvalue weighted by molar-refractivity contribution is 5.41. The van der Waals surface area contributed by atoms with Gasteiger partial charge in [0.25, 0.3) is 0 Å². The highest BCUT2D eigenvalue weighted by Crippen LogP contribution is 2.38. The quantitative estimate of drug-likeness (QED) is 0.101. The lowest BCUT2D eigenvalue weighted by Crippen LogP contribution is -2.12. The average molecular weight is 735 g/mol. The number of aromatic nitrogens is 4. The first kappa shape index (κ1) is 41.9. The Morgan fingerprint density at radius 3 is 1.16 bits per heavy atom. The highest BCUT2D eigenvalue weighted by atomic mass is 14.9. The molecular formula is C51H66N4. The van der Waals surface area contributed by atoms with E-state index >= 15 is 0 Å². The normalized spacial score (nSPS) is 19.2. The highest BCUT2D eigenvalue weighted by Gasteiger charge is 2.22. The molecule has 0 atom stereocenters. The van der Waals surface area contributed by atoms with Crippen molar-refractivity contribution in [2.24, 2.45) is 11.8 Å². The van der Waals surface area contributed by atoms with Crippen LogP contribution in [-0.2, 0) is 12.8 Å². The van der Waals surface area contributed by atoms with Crippen LogP contribution in [0.1, 0.15) is 194 Å². The van der Waals surface area contributed by atoms with E-state index in [2.05, 4.69) is 120 Å². The Labute approximate surface area is 334 Å². The first-order chi connectivity index (χ1) is 27.1. The summed E-state index contributed by atoms with van der Waals surface area (Å²) >= 11 is 0. The van der Waals surface area contributed by atoms with Gasteiger partial charge in [-0.1, -0.05) is 109 Å². The van der Waals surface area contributed by atoms with Gasteiger partial charge in [0.15, 0.2) is 0 Å². The Morgan fingerprint density at radius 1 is 0.436 bits per heavy atom. The molecule has 0 radical (unpaired) electrons. The van der Waals surface area contributed by atoms with Crippen molar-refractivity contribution in [3.8, 4) is 23.7 Å². The summed E-state index contributed by atoms with van der Waals surface area (Å²) in [7, 11) is 0. The Kier molecular flexibility index (Phi) is 18.0. The van der Waals surface area contributed by atoms with Gasteiger partial charge in [-0.3, -0.25) is 0 Å². The molecule has 0 bridgehead atoms. The first-order valence-corrected chi connectivity index (χ1v) is 21.9. The van der Waals surface area contributed by atoms with Crippen molar-refractivity contribution in [3.63, 3.8) is 0 Å². The number of hydrogen-bond donors (Lipinski definition) is 0. The number of nitrogens with zero attached hydrogens (tertiary/aromatic N) is 4. The van der Waals surface area contributed by atoms with Crippen molar-refractivity contribution in [1.29, 1.82) is 0 Å². The van der Waals surface area contributed by atoms with Gasteiger partial charge in [0.2, 0.25) is 11.6 Å². The summed E-state index contributed by atoms with van der Waals surface area (Å²) in [6.07, 6.45) is 32.2. The fraction of sp³-hybridized carbons (Fsp3) is 0.529. The van der Waals surface area contributed by atoms with E-state index in [-0.39, 0.29) is 0 Å². The Hall–Kier alpha value is -4.28. The molecule has 2 aliphatic rings. The van der Waals surface area contributed by atoms with Gasteiger partial charge in [-0.15, -0.1) is 0 Å². The van der Waals surface area contributed by atoms with Crippen molar-refractivity contribution in [2.75, 3.05) is 0 Å². The first-order valence-electron chi connectivity index (χ1n) is 21.9.